The molecule has 1 aromatic carbocycles. The molecule has 1 saturated heterocycles. The molecule has 1 aliphatic rings. The highest BCUT2D eigenvalue weighted by Gasteiger charge is 2.22. The summed E-state index contributed by atoms with van der Waals surface area (Å²) in [6, 6.07) is 7.14. The van der Waals surface area contributed by atoms with Crippen LogP contribution in [0.3, 0.4) is 0 Å². The lowest BCUT2D eigenvalue weighted by Gasteiger charge is -2.21. The van der Waals surface area contributed by atoms with Crippen LogP contribution in [0, 0.1) is 0 Å². The highest BCUT2D eigenvalue weighted by Crippen LogP contribution is 2.20. The molecule has 1 aromatic heterocycles. The standard InChI is InChI=1S/C16H19ClN4OS/c1-2-14-18-16(23-19-14)21-8-4-7-20(9-10-21)15(22)12-5-3-6-13(17)11-12/h3,5-6,11H,2,4,7-10H2,1H3. The van der Waals surface area contributed by atoms with Crippen molar-refractivity contribution in [3.63, 3.8) is 0 Å². The molecule has 122 valence electrons. The highest BCUT2D eigenvalue weighted by atomic mass is 35.5. The molecule has 2 heterocycles. The Morgan fingerprint density at radius 1 is 1.30 bits per heavy atom. The third kappa shape index (κ3) is 3.82. The summed E-state index contributed by atoms with van der Waals surface area (Å²) < 4.78 is 4.35. The van der Waals surface area contributed by atoms with Crippen LogP contribution in [0.1, 0.15) is 29.5 Å². The lowest BCUT2D eigenvalue weighted by molar-refractivity contribution is 0.0767. The maximum absolute atomic E-state index is 12.6. The van der Waals surface area contributed by atoms with Gasteiger partial charge in [0.1, 0.15) is 5.82 Å². The molecule has 0 aliphatic carbocycles. The molecule has 0 radical (unpaired) electrons. The summed E-state index contributed by atoms with van der Waals surface area (Å²) in [4.78, 5) is 21.3. The Balaban J connectivity index is 1.67. The van der Waals surface area contributed by atoms with Crippen LogP contribution in [-0.4, -0.2) is 46.3 Å². The Morgan fingerprint density at radius 3 is 2.91 bits per heavy atom. The van der Waals surface area contributed by atoms with Crippen LogP contribution >= 0.6 is 23.1 Å². The number of rotatable bonds is 3. The third-order valence-electron chi connectivity index (χ3n) is 3.90. The number of hydrogen-bond donors (Lipinski definition) is 0. The van der Waals surface area contributed by atoms with Crippen LogP contribution in [0.5, 0.6) is 0 Å². The maximum atomic E-state index is 12.6. The Kier molecular flexibility index (Phi) is 5.13. The second-order valence-electron chi connectivity index (χ2n) is 5.49. The zero-order chi connectivity index (χ0) is 16.2. The van der Waals surface area contributed by atoms with Crippen LogP contribution in [0.4, 0.5) is 5.13 Å². The largest absolute Gasteiger partial charge is 0.345 e. The maximum Gasteiger partial charge on any atom is 0.253 e. The zero-order valence-corrected chi connectivity index (χ0v) is 14.6. The van der Waals surface area contributed by atoms with Crippen molar-refractivity contribution in [2.75, 3.05) is 31.1 Å². The molecule has 0 atom stereocenters. The van der Waals surface area contributed by atoms with E-state index in [4.69, 9.17) is 11.6 Å². The first-order chi connectivity index (χ1) is 11.2. The normalized spacial score (nSPS) is 15.6. The molecule has 0 spiro atoms. The van der Waals surface area contributed by atoms with Gasteiger partial charge in [-0.3, -0.25) is 4.79 Å². The summed E-state index contributed by atoms with van der Waals surface area (Å²) in [6.07, 6.45) is 1.77. The first-order valence-corrected chi connectivity index (χ1v) is 8.95. The molecule has 1 aliphatic heterocycles. The molecule has 7 heteroatoms. The molecule has 0 N–H and O–H groups in total. The summed E-state index contributed by atoms with van der Waals surface area (Å²) in [7, 11) is 0. The number of amides is 1. The highest BCUT2D eigenvalue weighted by molar-refractivity contribution is 7.09. The predicted molar refractivity (Wildman–Crippen MR) is 93.5 cm³/mol. The molecule has 3 rings (SSSR count). The quantitative estimate of drug-likeness (QED) is 0.853. The van der Waals surface area contributed by atoms with Gasteiger partial charge in [-0.15, -0.1) is 0 Å². The molecule has 23 heavy (non-hydrogen) atoms. The topological polar surface area (TPSA) is 49.3 Å². The minimum Gasteiger partial charge on any atom is -0.345 e. The number of anilines is 1. The van der Waals surface area contributed by atoms with Gasteiger partial charge in [0.15, 0.2) is 0 Å². The Bertz CT molecular complexity index is 690. The van der Waals surface area contributed by atoms with Gasteiger partial charge in [-0.2, -0.15) is 4.37 Å². The second-order valence-corrected chi connectivity index (χ2v) is 6.66. The van der Waals surface area contributed by atoms with Crippen molar-refractivity contribution in [2.45, 2.75) is 19.8 Å². The van der Waals surface area contributed by atoms with Crippen molar-refractivity contribution in [1.82, 2.24) is 14.3 Å². The fourth-order valence-electron chi connectivity index (χ4n) is 2.63. The number of carbonyl (C=O) groups is 1. The summed E-state index contributed by atoms with van der Waals surface area (Å²) in [5.41, 5.74) is 0.648. The third-order valence-corrected chi connectivity index (χ3v) is 4.95. The average molecular weight is 351 g/mol. The fourth-order valence-corrected chi connectivity index (χ4v) is 3.62. The molecule has 0 unspecified atom stereocenters. The monoisotopic (exact) mass is 350 g/mol. The molecule has 1 fully saturated rings. The number of hydrogen-bond acceptors (Lipinski definition) is 5. The smallest absolute Gasteiger partial charge is 0.253 e. The van der Waals surface area contributed by atoms with Crippen molar-refractivity contribution >= 4 is 34.2 Å². The van der Waals surface area contributed by atoms with Crippen molar-refractivity contribution in [3.05, 3.63) is 40.7 Å². The Labute approximate surface area is 145 Å². The number of benzene rings is 1. The van der Waals surface area contributed by atoms with Gasteiger partial charge in [0.05, 0.1) is 0 Å². The van der Waals surface area contributed by atoms with Crippen LogP contribution < -0.4 is 4.90 Å². The zero-order valence-electron chi connectivity index (χ0n) is 13.0. The predicted octanol–water partition coefficient (Wildman–Crippen LogP) is 3.11. The molecule has 0 saturated carbocycles. The van der Waals surface area contributed by atoms with Crippen molar-refractivity contribution in [3.8, 4) is 0 Å². The van der Waals surface area contributed by atoms with E-state index in [1.165, 1.54) is 11.5 Å². The van der Waals surface area contributed by atoms with Gasteiger partial charge in [0, 0.05) is 54.7 Å². The minimum atomic E-state index is 0.0425. The second kappa shape index (κ2) is 7.27. The van der Waals surface area contributed by atoms with E-state index in [1.807, 2.05) is 17.0 Å². The van der Waals surface area contributed by atoms with E-state index in [1.54, 1.807) is 12.1 Å². The van der Waals surface area contributed by atoms with Gasteiger partial charge in [-0.1, -0.05) is 24.6 Å². The molecule has 1 amide bonds. The van der Waals surface area contributed by atoms with Crippen molar-refractivity contribution in [2.24, 2.45) is 0 Å². The number of aryl methyl sites for hydroxylation is 1. The first-order valence-electron chi connectivity index (χ1n) is 7.79. The van der Waals surface area contributed by atoms with Crippen LogP contribution in [0.25, 0.3) is 0 Å². The van der Waals surface area contributed by atoms with Crippen LogP contribution in [0.2, 0.25) is 5.02 Å². The summed E-state index contributed by atoms with van der Waals surface area (Å²) in [5.74, 6) is 0.932. The van der Waals surface area contributed by atoms with E-state index in [9.17, 15) is 4.79 Å². The van der Waals surface area contributed by atoms with Crippen molar-refractivity contribution in [1.29, 1.82) is 0 Å². The Morgan fingerprint density at radius 2 is 2.17 bits per heavy atom. The molecule has 5 nitrogen and oxygen atoms in total. The van der Waals surface area contributed by atoms with E-state index < -0.39 is 0 Å². The van der Waals surface area contributed by atoms with Gasteiger partial charge >= 0.3 is 0 Å². The number of aromatic nitrogens is 2. The van der Waals surface area contributed by atoms with E-state index >= 15 is 0 Å². The lowest BCUT2D eigenvalue weighted by atomic mass is 10.2. The minimum absolute atomic E-state index is 0.0425. The van der Waals surface area contributed by atoms with Crippen molar-refractivity contribution < 1.29 is 4.79 Å². The first kappa shape index (κ1) is 16.2. The SMILES string of the molecule is CCc1nsc(N2CCCN(C(=O)c3cccc(Cl)c3)CC2)n1. The van der Waals surface area contributed by atoms with Crippen LogP contribution in [-0.2, 0) is 6.42 Å². The van der Waals surface area contributed by atoms with Gasteiger partial charge in [0.25, 0.3) is 5.91 Å². The summed E-state index contributed by atoms with van der Waals surface area (Å²) >= 11 is 7.43. The van der Waals surface area contributed by atoms with E-state index in [0.29, 0.717) is 17.1 Å². The molecule has 2 aromatic rings. The summed E-state index contributed by atoms with van der Waals surface area (Å²) in [6.45, 7) is 5.18. The van der Waals surface area contributed by atoms with Gasteiger partial charge < -0.3 is 9.80 Å². The van der Waals surface area contributed by atoms with E-state index in [-0.39, 0.29) is 5.91 Å². The summed E-state index contributed by atoms with van der Waals surface area (Å²) in [5, 5.41) is 1.55. The Hall–Kier alpha value is -1.66. The number of nitrogens with zero attached hydrogens (tertiary/aromatic N) is 4. The van der Waals surface area contributed by atoms with E-state index in [0.717, 1.165) is 43.4 Å². The number of carbonyl (C=O) groups excluding carboxylic acids is 1. The molecule has 0 bridgehead atoms. The molecular weight excluding hydrogens is 332 g/mol. The average Bonchev–Trinajstić information content (AvgIpc) is 2.91. The number of halogens is 1. The van der Waals surface area contributed by atoms with E-state index in [2.05, 4.69) is 21.2 Å². The van der Waals surface area contributed by atoms with Gasteiger partial charge in [0.2, 0.25) is 5.13 Å². The van der Waals surface area contributed by atoms with Gasteiger partial charge in [-0.05, 0) is 24.6 Å². The van der Waals surface area contributed by atoms with Gasteiger partial charge in [-0.25, -0.2) is 4.98 Å². The van der Waals surface area contributed by atoms with Crippen LogP contribution in [0.15, 0.2) is 24.3 Å². The fraction of sp³-hybridized carbons (Fsp3) is 0.438. The lowest BCUT2D eigenvalue weighted by Crippen LogP contribution is -2.35. The molecular formula is C16H19ClN4OS.